The largest absolute Gasteiger partial charge is 0.317 e. The van der Waals surface area contributed by atoms with E-state index in [0.717, 1.165) is 30.1 Å². The summed E-state index contributed by atoms with van der Waals surface area (Å²) >= 11 is 0. The van der Waals surface area contributed by atoms with Crippen LogP contribution >= 0.6 is 0 Å². The van der Waals surface area contributed by atoms with Crippen LogP contribution in [-0.4, -0.2) is 99.8 Å². The Morgan fingerprint density at radius 2 is 1.16 bits per heavy atom. The van der Waals surface area contributed by atoms with Gasteiger partial charge in [0.2, 0.25) is 0 Å². The van der Waals surface area contributed by atoms with Gasteiger partial charge in [0.15, 0.2) is 0 Å². The molecule has 0 bridgehead atoms. The van der Waals surface area contributed by atoms with Gasteiger partial charge in [-0.05, 0) is 98.3 Å². The molecule has 0 amide bonds. The minimum atomic E-state index is 0.784. The van der Waals surface area contributed by atoms with Crippen molar-refractivity contribution in [2.75, 3.05) is 60.9 Å². The summed E-state index contributed by atoms with van der Waals surface area (Å²) in [5.74, 6) is 1.06. The molecule has 0 atom stereocenters. The molecule has 0 aromatic carbocycles. The number of nitrogens with zero attached hydrogens (tertiary/aromatic N) is 3. The van der Waals surface area contributed by atoms with Crippen molar-refractivity contribution in [3.63, 3.8) is 0 Å². The first-order valence-corrected chi connectivity index (χ1v) is 13.6. The highest BCUT2D eigenvalue weighted by Crippen LogP contribution is 2.30. The second-order valence-electron chi connectivity index (χ2n) is 10.3. The van der Waals surface area contributed by atoms with Gasteiger partial charge in [-0.2, -0.15) is 0 Å². The molecule has 0 unspecified atom stereocenters. The minimum Gasteiger partial charge on any atom is -0.317 e. The first-order valence-electron chi connectivity index (χ1n) is 13.6. The summed E-state index contributed by atoms with van der Waals surface area (Å²) in [6, 6.07) is 3.29. The lowest BCUT2D eigenvalue weighted by atomic mass is 9.90. The monoisotopic (exact) mass is 437 g/mol. The maximum absolute atomic E-state index is 3.44. The van der Waals surface area contributed by atoms with Crippen molar-refractivity contribution in [2.45, 2.75) is 102 Å². The topological polar surface area (TPSA) is 33.8 Å². The summed E-state index contributed by atoms with van der Waals surface area (Å²) in [6.07, 6.45) is 14.0. The maximum atomic E-state index is 3.44. The molecule has 5 heteroatoms. The van der Waals surface area contributed by atoms with Gasteiger partial charge in [0.05, 0.1) is 0 Å². The molecule has 0 aromatic rings. The number of hydrogen-bond donors (Lipinski definition) is 2. The van der Waals surface area contributed by atoms with Crippen molar-refractivity contribution in [2.24, 2.45) is 5.92 Å². The second kappa shape index (κ2) is 14.8. The van der Waals surface area contributed by atoms with Crippen LogP contribution < -0.4 is 10.6 Å². The van der Waals surface area contributed by atoms with E-state index >= 15 is 0 Å². The molecule has 2 N–H and O–H groups in total. The normalized spacial score (nSPS) is 32.6. The summed E-state index contributed by atoms with van der Waals surface area (Å²) in [5.41, 5.74) is 0. The van der Waals surface area contributed by atoms with Crippen molar-refractivity contribution in [3.05, 3.63) is 0 Å². The van der Waals surface area contributed by atoms with Gasteiger partial charge in [0.1, 0.15) is 0 Å². The molecule has 1 aliphatic heterocycles. The van der Waals surface area contributed by atoms with E-state index in [1.165, 1.54) is 96.9 Å². The Morgan fingerprint density at radius 1 is 0.677 bits per heavy atom. The lowest BCUT2D eigenvalue weighted by Gasteiger charge is -2.42. The van der Waals surface area contributed by atoms with Crippen molar-refractivity contribution in [1.29, 1.82) is 0 Å². The molecule has 3 aliphatic carbocycles. The predicted molar refractivity (Wildman–Crippen MR) is 136 cm³/mol. The summed E-state index contributed by atoms with van der Waals surface area (Å²) in [4.78, 5) is 7.83. The van der Waals surface area contributed by atoms with E-state index in [0.29, 0.717) is 0 Å². The molecule has 1 heterocycles. The Hall–Kier alpha value is -0.200. The third kappa shape index (κ3) is 9.67. The Kier molecular flexibility index (Phi) is 13.0. The van der Waals surface area contributed by atoms with Gasteiger partial charge in [-0.1, -0.05) is 13.8 Å². The van der Waals surface area contributed by atoms with E-state index in [9.17, 15) is 0 Å². The van der Waals surface area contributed by atoms with Gasteiger partial charge in [-0.3, -0.25) is 4.90 Å². The third-order valence-corrected chi connectivity index (χ3v) is 8.08. The molecule has 1 saturated heterocycles. The van der Waals surface area contributed by atoms with E-state index in [4.69, 9.17) is 0 Å². The van der Waals surface area contributed by atoms with Crippen LogP contribution in [0.4, 0.5) is 0 Å². The summed E-state index contributed by atoms with van der Waals surface area (Å²) in [6.45, 7) is 10.7. The quantitative estimate of drug-likeness (QED) is 0.663. The van der Waals surface area contributed by atoms with E-state index < -0.39 is 0 Å². The van der Waals surface area contributed by atoms with Crippen LogP contribution in [0.3, 0.4) is 0 Å². The molecular formula is C26H55N5. The zero-order valence-corrected chi connectivity index (χ0v) is 21.8. The molecule has 4 aliphatic rings. The number of nitrogens with one attached hydrogen (secondary N) is 2. The number of piperazine rings is 1. The van der Waals surface area contributed by atoms with E-state index in [2.05, 4.69) is 53.5 Å². The van der Waals surface area contributed by atoms with E-state index in [1.807, 2.05) is 13.8 Å². The zero-order chi connectivity index (χ0) is 22.6. The fraction of sp³-hybridized carbons (Fsp3) is 1.00. The van der Waals surface area contributed by atoms with Crippen molar-refractivity contribution >= 4 is 0 Å². The van der Waals surface area contributed by atoms with Gasteiger partial charge in [-0.25, -0.2) is 0 Å². The highest BCUT2D eigenvalue weighted by Gasteiger charge is 2.30. The minimum absolute atomic E-state index is 0.784. The maximum Gasteiger partial charge on any atom is 0.0113 e. The van der Waals surface area contributed by atoms with Crippen LogP contribution in [0, 0.1) is 5.92 Å². The zero-order valence-electron chi connectivity index (χ0n) is 21.8. The van der Waals surface area contributed by atoms with Gasteiger partial charge in [0.25, 0.3) is 0 Å². The van der Waals surface area contributed by atoms with Crippen molar-refractivity contribution in [3.8, 4) is 0 Å². The molecule has 4 fully saturated rings. The fourth-order valence-electron chi connectivity index (χ4n) is 5.59. The molecule has 5 nitrogen and oxygen atoms in total. The summed E-state index contributed by atoms with van der Waals surface area (Å²) in [5, 5.41) is 6.78. The van der Waals surface area contributed by atoms with Crippen LogP contribution in [0.2, 0.25) is 0 Å². The Labute approximate surface area is 194 Å². The molecule has 0 radical (unpaired) electrons. The first kappa shape index (κ1) is 27.0. The number of rotatable bonds is 6. The van der Waals surface area contributed by atoms with Crippen LogP contribution in [0.25, 0.3) is 0 Å². The molecule has 0 aromatic heterocycles. The molecule has 0 spiro atoms. The van der Waals surface area contributed by atoms with Gasteiger partial charge >= 0.3 is 0 Å². The summed E-state index contributed by atoms with van der Waals surface area (Å²) < 4.78 is 0. The van der Waals surface area contributed by atoms with Gasteiger partial charge in [-0.15, -0.1) is 0 Å². The highest BCUT2D eigenvalue weighted by atomic mass is 15.3. The Balaban J connectivity index is 0.000000226. The first-order chi connectivity index (χ1) is 15.1. The fourth-order valence-corrected chi connectivity index (χ4v) is 5.59. The molecule has 184 valence electrons. The Morgan fingerprint density at radius 3 is 1.58 bits per heavy atom. The molecule has 31 heavy (non-hydrogen) atoms. The standard InChI is InChI=1S/C15H29N3.C9H20N2.C2H6/c1-16-14-4-6-15(7-5-14)18-10-8-17(9-11-18)12-13-2-3-13;1-10-8-4-6-9(7-5-8)11(2)3;1-2/h13-16H,2-12H2,1H3;8-10H,4-7H2,1-3H3;1-2H3. The second-order valence-corrected chi connectivity index (χ2v) is 10.3. The smallest absolute Gasteiger partial charge is 0.0113 e. The lowest BCUT2D eigenvalue weighted by molar-refractivity contribution is 0.0725. The van der Waals surface area contributed by atoms with Crippen LogP contribution in [0.15, 0.2) is 0 Å². The van der Waals surface area contributed by atoms with Crippen LogP contribution in [0.1, 0.15) is 78.1 Å². The van der Waals surface area contributed by atoms with E-state index in [1.54, 1.807) is 0 Å². The highest BCUT2D eigenvalue weighted by molar-refractivity contribution is 4.86. The van der Waals surface area contributed by atoms with Crippen LogP contribution in [-0.2, 0) is 0 Å². The lowest BCUT2D eigenvalue weighted by Crippen LogP contribution is -2.52. The summed E-state index contributed by atoms with van der Waals surface area (Å²) in [7, 11) is 8.55. The Bertz CT molecular complexity index is 429. The molecular weight excluding hydrogens is 382 g/mol. The SMILES string of the molecule is CC.CNC1CCC(N(C)C)CC1.CNC1CCC(N2CCN(CC3CC3)CC2)CC1. The third-order valence-electron chi connectivity index (χ3n) is 8.08. The van der Waals surface area contributed by atoms with Gasteiger partial charge in [0, 0.05) is 56.9 Å². The average molecular weight is 438 g/mol. The molecule has 4 rings (SSSR count). The van der Waals surface area contributed by atoms with Gasteiger partial charge < -0.3 is 20.4 Å². The number of hydrogen-bond acceptors (Lipinski definition) is 5. The van der Waals surface area contributed by atoms with Crippen molar-refractivity contribution in [1.82, 2.24) is 25.3 Å². The van der Waals surface area contributed by atoms with Crippen molar-refractivity contribution < 1.29 is 0 Å². The van der Waals surface area contributed by atoms with Crippen LogP contribution in [0.5, 0.6) is 0 Å². The predicted octanol–water partition coefficient (Wildman–Crippen LogP) is 3.65. The molecule has 3 saturated carbocycles. The average Bonchev–Trinajstić information content (AvgIpc) is 3.65. The van der Waals surface area contributed by atoms with E-state index in [-0.39, 0.29) is 0 Å².